The zero-order chi connectivity index (χ0) is 15.1. The highest BCUT2D eigenvalue weighted by Gasteiger charge is 2.18. The molecule has 0 bridgehead atoms. The molecule has 0 radical (unpaired) electrons. The normalized spacial score (nSPS) is 15.8. The lowest BCUT2D eigenvalue weighted by Crippen LogP contribution is -2.47. The van der Waals surface area contributed by atoms with Crippen LogP contribution in [0.1, 0.15) is 13.3 Å². The molecule has 1 aliphatic heterocycles. The highest BCUT2D eigenvalue weighted by molar-refractivity contribution is 5.77. The molecule has 0 spiro atoms. The molecule has 5 nitrogen and oxygen atoms in total. The Morgan fingerprint density at radius 3 is 2.67 bits per heavy atom. The number of amides is 1. The Labute approximate surface area is 126 Å². The van der Waals surface area contributed by atoms with Gasteiger partial charge in [-0.1, -0.05) is 12.1 Å². The minimum Gasteiger partial charge on any atom is -0.492 e. The molecule has 1 aromatic rings. The fraction of sp³-hybridized carbons (Fsp3) is 0.562. The van der Waals surface area contributed by atoms with Crippen molar-refractivity contribution >= 4 is 11.6 Å². The fourth-order valence-corrected chi connectivity index (χ4v) is 2.41. The van der Waals surface area contributed by atoms with E-state index in [-0.39, 0.29) is 5.91 Å². The first kappa shape index (κ1) is 15.6. The van der Waals surface area contributed by atoms with Gasteiger partial charge in [0.1, 0.15) is 5.75 Å². The van der Waals surface area contributed by atoms with Crippen molar-refractivity contribution in [3.05, 3.63) is 24.3 Å². The number of anilines is 1. The van der Waals surface area contributed by atoms with Gasteiger partial charge in [0.05, 0.1) is 12.3 Å². The molecule has 0 aromatic heterocycles. The molecule has 1 saturated heterocycles. The minimum absolute atomic E-state index is 0.226. The van der Waals surface area contributed by atoms with E-state index < -0.39 is 0 Å². The molecule has 1 aromatic carbocycles. The molecule has 0 aliphatic carbocycles. The number of rotatable bonds is 6. The van der Waals surface area contributed by atoms with Crippen LogP contribution in [0.4, 0.5) is 5.69 Å². The molecule has 1 heterocycles. The van der Waals surface area contributed by atoms with E-state index in [0.717, 1.165) is 37.6 Å². The van der Waals surface area contributed by atoms with Crippen LogP contribution < -0.4 is 10.1 Å². The summed E-state index contributed by atoms with van der Waals surface area (Å²) in [4.78, 5) is 16.3. The van der Waals surface area contributed by atoms with Crippen molar-refractivity contribution in [3.8, 4) is 5.75 Å². The maximum absolute atomic E-state index is 12.1. The average molecular weight is 291 g/mol. The number of nitrogens with zero attached hydrogens (tertiary/aromatic N) is 2. The van der Waals surface area contributed by atoms with Crippen molar-refractivity contribution < 1.29 is 9.53 Å². The Morgan fingerprint density at radius 2 is 1.95 bits per heavy atom. The highest BCUT2D eigenvalue weighted by Crippen LogP contribution is 2.23. The number of para-hydroxylation sites is 2. The Bertz CT molecular complexity index is 457. The van der Waals surface area contributed by atoms with Crippen molar-refractivity contribution in [3.63, 3.8) is 0 Å². The molecule has 1 amide bonds. The molecule has 1 aliphatic rings. The predicted octanol–water partition coefficient (Wildman–Crippen LogP) is 1.66. The molecule has 0 saturated carbocycles. The number of piperazine rings is 1. The van der Waals surface area contributed by atoms with Gasteiger partial charge in [-0.2, -0.15) is 0 Å². The molecule has 2 rings (SSSR count). The van der Waals surface area contributed by atoms with Gasteiger partial charge in [-0.25, -0.2) is 0 Å². The van der Waals surface area contributed by atoms with Crippen LogP contribution in [0.5, 0.6) is 5.75 Å². The molecule has 1 N–H and O–H groups in total. The highest BCUT2D eigenvalue weighted by atomic mass is 16.5. The van der Waals surface area contributed by atoms with Crippen molar-refractivity contribution in [1.82, 2.24) is 9.80 Å². The van der Waals surface area contributed by atoms with Gasteiger partial charge in [0.15, 0.2) is 0 Å². The van der Waals surface area contributed by atoms with Crippen LogP contribution >= 0.6 is 0 Å². The molecule has 0 atom stereocenters. The Hall–Kier alpha value is -1.75. The van der Waals surface area contributed by atoms with E-state index in [4.69, 9.17) is 4.74 Å². The van der Waals surface area contributed by atoms with Crippen LogP contribution in [0.2, 0.25) is 0 Å². The predicted molar refractivity (Wildman–Crippen MR) is 84.8 cm³/mol. The summed E-state index contributed by atoms with van der Waals surface area (Å²) in [6.45, 7) is 6.84. The van der Waals surface area contributed by atoms with Crippen molar-refractivity contribution in [1.29, 1.82) is 0 Å². The number of hydrogen-bond donors (Lipinski definition) is 1. The molecule has 116 valence electrons. The van der Waals surface area contributed by atoms with E-state index in [1.807, 2.05) is 36.1 Å². The van der Waals surface area contributed by atoms with E-state index in [9.17, 15) is 4.79 Å². The average Bonchev–Trinajstić information content (AvgIpc) is 2.50. The quantitative estimate of drug-likeness (QED) is 0.866. The second kappa shape index (κ2) is 7.88. The van der Waals surface area contributed by atoms with Gasteiger partial charge in [-0.3, -0.25) is 4.79 Å². The summed E-state index contributed by atoms with van der Waals surface area (Å²) in [6.07, 6.45) is 0.518. The van der Waals surface area contributed by atoms with Crippen LogP contribution in [0.3, 0.4) is 0 Å². The second-order valence-electron chi connectivity index (χ2n) is 5.29. The van der Waals surface area contributed by atoms with E-state index in [2.05, 4.69) is 17.3 Å². The Kier molecular flexibility index (Phi) is 5.87. The number of hydrogen-bond acceptors (Lipinski definition) is 4. The number of benzene rings is 1. The van der Waals surface area contributed by atoms with Gasteiger partial charge >= 0.3 is 0 Å². The standard InChI is InChI=1S/C16H25N3O2/c1-3-21-15-7-5-4-6-14(15)17-9-8-16(20)19-12-10-18(2)11-13-19/h4-7,17H,3,8-13H2,1-2H3. The van der Waals surface area contributed by atoms with Crippen LogP contribution in [-0.4, -0.2) is 62.1 Å². The van der Waals surface area contributed by atoms with Crippen molar-refractivity contribution in [2.45, 2.75) is 13.3 Å². The van der Waals surface area contributed by atoms with Crippen molar-refractivity contribution in [2.24, 2.45) is 0 Å². The number of carbonyl (C=O) groups excluding carboxylic acids is 1. The summed E-state index contributed by atoms with van der Waals surface area (Å²) in [6, 6.07) is 7.83. The van der Waals surface area contributed by atoms with E-state index in [0.29, 0.717) is 19.6 Å². The smallest absolute Gasteiger partial charge is 0.224 e. The van der Waals surface area contributed by atoms with E-state index in [1.165, 1.54) is 0 Å². The van der Waals surface area contributed by atoms with Gasteiger partial charge < -0.3 is 19.9 Å². The first-order valence-corrected chi connectivity index (χ1v) is 7.62. The summed E-state index contributed by atoms with van der Waals surface area (Å²) in [5.74, 6) is 1.07. The number of carbonyl (C=O) groups is 1. The van der Waals surface area contributed by atoms with Crippen LogP contribution in [-0.2, 0) is 4.79 Å². The molecule has 1 fully saturated rings. The van der Waals surface area contributed by atoms with Gasteiger partial charge in [-0.05, 0) is 26.1 Å². The van der Waals surface area contributed by atoms with Gasteiger partial charge in [0.2, 0.25) is 5.91 Å². The van der Waals surface area contributed by atoms with Crippen LogP contribution in [0, 0.1) is 0 Å². The number of nitrogens with one attached hydrogen (secondary N) is 1. The molecule has 0 unspecified atom stereocenters. The summed E-state index contributed by atoms with van der Waals surface area (Å²) in [7, 11) is 2.09. The zero-order valence-electron chi connectivity index (χ0n) is 13.0. The summed E-state index contributed by atoms with van der Waals surface area (Å²) >= 11 is 0. The third kappa shape index (κ3) is 4.63. The molecular formula is C16H25N3O2. The topological polar surface area (TPSA) is 44.8 Å². The largest absolute Gasteiger partial charge is 0.492 e. The van der Waals surface area contributed by atoms with Gasteiger partial charge in [-0.15, -0.1) is 0 Å². The third-order valence-corrected chi connectivity index (χ3v) is 3.70. The van der Waals surface area contributed by atoms with E-state index in [1.54, 1.807) is 0 Å². The second-order valence-corrected chi connectivity index (χ2v) is 5.29. The monoisotopic (exact) mass is 291 g/mol. The van der Waals surface area contributed by atoms with Crippen LogP contribution in [0.15, 0.2) is 24.3 Å². The number of likely N-dealkylation sites (N-methyl/N-ethyl adjacent to an activating group) is 1. The van der Waals surface area contributed by atoms with Gasteiger partial charge in [0.25, 0.3) is 0 Å². The SMILES string of the molecule is CCOc1ccccc1NCCC(=O)N1CCN(C)CC1. The minimum atomic E-state index is 0.226. The zero-order valence-corrected chi connectivity index (χ0v) is 13.0. The Balaban J connectivity index is 1.77. The molecule has 21 heavy (non-hydrogen) atoms. The maximum Gasteiger partial charge on any atom is 0.224 e. The van der Waals surface area contributed by atoms with Crippen molar-refractivity contribution in [2.75, 3.05) is 51.7 Å². The lowest BCUT2D eigenvalue weighted by Gasteiger charge is -2.32. The third-order valence-electron chi connectivity index (χ3n) is 3.70. The van der Waals surface area contributed by atoms with Gasteiger partial charge in [0, 0.05) is 39.1 Å². The summed E-state index contributed by atoms with van der Waals surface area (Å²) < 4.78 is 5.56. The lowest BCUT2D eigenvalue weighted by atomic mass is 10.2. The first-order chi connectivity index (χ1) is 10.2. The first-order valence-electron chi connectivity index (χ1n) is 7.62. The fourth-order valence-electron chi connectivity index (χ4n) is 2.41. The Morgan fingerprint density at radius 1 is 1.24 bits per heavy atom. The van der Waals surface area contributed by atoms with E-state index >= 15 is 0 Å². The maximum atomic E-state index is 12.1. The lowest BCUT2D eigenvalue weighted by molar-refractivity contribution is -0.132. The molecule has 5 heteroatoms. The van der Waals surface area contributed by atoms with Crippen LogP contribution in [0.25, 0.3) is 0 Å². The molecular weight excluding hydrogens is 266 g/mol. The summed E-state index contributed by atoms with van der Waals surface area (Å²) in [5.41, 5.74) is 0.950. The summed E-state index contributed by atoms with van der Waals surface area (Å²) in [5, 5.41) is 3.29. The number of ether oxygens (including phenoxy) is 1.